The number of benzene rings is 1. The third-order valence-corrected chi connectivity index (χ3v) is 3.06. The number of carbonyl (C=O) groups excluding carboxylic acids is 1. The first-order chi connectivity index (χ1) is 7.49. The third-order valence-electron chi connectivity index (χ3n) is 2.57. The Hall–Kier alpha value is -1.13. The molecule has 2 rings (SSSR count). The average molecular weight is 281 g/mol. The fourth-order valence-corrected chi connectivity index (χ4v) is 2.06. The molecule has 1 aliphatic heterocycles. The molecule has 2 N–H and O–H groups in total. The van der Waals surface area contributed by atoms with Crippen molar-refractivity contribution in [3.05, 3.63) is 39.9 Å². The predicted octanol–water partition coefficient (Wildman–Crippen LogP) is 2.25. The van der Waals surface area contributed by atoms with Gasteiger partial charge in [-0.2, -0.15) is 0 Å². The highest BCUT2D eigenvalue weighted by Crippen LogP contribution is 2.23. The molecule has 4 heteroatoms. The monoisotopic (exact) mass is 280 g/mol. The van der Waals surface area contributed by atoms with Crippen LogP contribution in [-0.4, -0.2) is 11.4 Å². The van der Waals surface area contributed by atoms with Crippen LogP contribution in [0.5, 0.6) is 0 Å². The molecule has 0 radical (unpaired) electrons. The topological polar surface area (TPSA) is 41.1 Å². The molecule has 84 valence electrons. The highest BCUT2D eigenvalue weighted by Gasteiger charge is 2.34. The van der Waals surface area contributed by atoms with Gasteiger partial charge in [0, 0.05) is 10.0 Å². The van der Waals surface area contributed by atoms with Crippen LogP contribution >= 0.6 is 15.9 Å². The first kappa shape index (κ1) is 11.4. The van der Waals surface area contributed by atoms with Gasteiger partial charge in [0.1, 0.15) is 0 Å². The lowest BCUT2D eigenvalue weighted by molar-refractivity contribution is -0.116. The van der Waals surface area contributed by atoms with E-state index < -0.39 is 0 Å². The first-order valence-corrected chi connectivity index (χ1v) is 5.83. The predicted molar refractivity (Wildman–Crippen MR) is 67.5 cm³/mol. The van der Waals surface area contributed by atoms with Crippen LogP contribution in [0.2, 0.25) is 0 Å². The number of rotatable bonds is 1. The Labute approximate surface area is 103 Å². The Morgan fingerprint density at radius 2 is 2.12 bits per heavy atom. The van der Waals surface area contributed by atoms with Crippen molar-refractivity contribution in [1.82, 2.24) is 10.9 Å². The van der Waals surface area contributed by atoms with E-state index in [-0.39, 0.29) is 11.4 Å². The Balaban J connectivity index is 2.40. The van der Waals surface area contributed by atoms with Gasteiger partial charge in [-0.05, 0) is 37.6 Å². The SMILES string of the molecule is CC1(C)NNC(=O)/C1=C\c1cccc(Br)c1. The van der Waals surface area contributed by atoms with Gasteiger partial charge in [-0.3, -0.25) is 10.2 Å². The van der Waals surface area contributed by atoms with Crippen molar-refractivity contribution in [2.24, 2.45) is 0 Å². The minimum Gasteiger partial charge on any atom is -0.287 e. The lowest BCUT2D eigenvalue weighted by Gasteiger charge is -2.16. The molecule has 0 bridgehead atoms. The summed E-state index contributed by atoms with van der Waals surface area (Å²) in [6, 6.07) is 7.86. The molecule has 1 fully saturated rings. The summed E-state index contributed by atoms with van der Waals surface area (Å²) in [5.41, 5.74) is 6.99. The van der Waals surface area contributed by atoms with Crippen molar-refractivity contribution >= 4 is 27.9 Å². The molecule has 1 aromatic carbocycles. The molecule has 0 saturated carbocycles. The average Bonchev–Trinajstić information content (AvgIpc) is 2.45. The van der Waals surface area contributed by atoms with E-state index in [1.807, 2.05) is 44.2 Å². The van der Waals surface area contributed by atoms with Gasteiger partial charge < -0.3 is 0 Å². The zero-order chi connectivity index (χ0) is 11.8. The zero-order valence-corrected chi connectivity index (χ0v) is 10.8. The second-order valence-corrected chi connectivity index (χ2v) is 5.23. The van der Waals surface area contributed by atoms with Gasteiger partial charge >= 0.3 is 0 Å². The number of halogens is 1. The molecule has 1 saturated heterocycles. The summed E-state index contributed by atoms with van der Waals surface area (Å²) in [5.74, 6) is -0.0648. The van der Waals surface area contributed by atoms with Crippen molar-refractivity contribution in [3.8, 4) is 0 Å². The highest BCUT2D eigenvalue weighted by molar-refractivity contribution is 9.10. The molecule has 3 nitrogen and oxygen atoms in total. The van der Waals surface area contributed by atoms with E-state index in [1.54, 1.807) is 0 Å². The van der Waals surface area contributed by atoms with Crippen molar-refractivity contribution in [1.29, 1.82) is 0 Å². The number of carbonyl (C=O) groups is 1. The van der Waals surface area contributed by atoms with Crippen LogP contribution in [0.1, 0.15) is 19.4 Å². The molecule has 1 amide bonds. The second kappa shape index (κ2) is 4.03. The van der Waals surface area contributed by atoms with Crippen LogP contribution in [0.25, 0.3) is 6.08 Å². The van der Waals surface area contributed by atoms with Crippen molar-refractivity contribution in [2.75, 3.05) is 0 Å². The molecular formula is C12H13BrN2O. The number of hydrogen-bond acceptors (Lipinski definition) is 2. The molecule has 0 spiro atoms. The maximum absolute atomic E-state index is 11.6. The molecule has 1 aromatic rings. The maximum Gasteiger partial charge on any atom is 0.263 e. The van der Waals surface area contributed by atoms with E-state index in [0.29, 0.717) is 0 Å². The van der Waals surface area contributed by atoms with E-state index in [4.69, 9.17) is 0 Å². The second-order valence-electron chi connectivity index (χ2n) is 4.32. The summed E-state index contributed by atoms with van der Waals surface area (Å²) >= 11 is 3.41. The van der Waals surface area contributed by atoms with Crippen LogP contribution in [-0.2, 0) is 4.79 Å². The summed E-state index contributed by atoms with van der Waals surface area (Å²) in [6.45, 7) is 3.93. The Bertz CT molecular complexity index is 466. The lowest BCUT2D eigenvalue weighted by atomic mass is 9.94. The number of nitrogens with one attached hydrogen (secondary N) is 2. The molecule has 0 aliphatic carbocycles. The fourth-order valence-electron chi connectivity index (χ4n) is 1.64. The van der Waals surface area contributed by atoms with Crippen LogP contribution < -0.4 is 10.9 Å². The lowest BCUT2D eigenvalue weighted by Crippen LogP contribution is -2.38. The van der Waals surface area contributed by atoms with Gasteiger partial charge in [0.15, 0.2) is 0 Å². The number of hydrogen-bond donors (Lipinski definition) is 2. The maximum atomic E-state index is 11.6. The quantitative estimate of drug-likeness (QED) is 0.775. The summed E-state index contributed by atoms with van der Waals surface area (Å²) in [5, 5.41) is 0. The minimum absolute atomic E-state index is 0.0648. The summed E-state index contributed by atoms with van der Waals surface area (Å²) in [4.78, 5) is 11.6. The molecule has 1 aliphatic rings. The highest BCUT2D eigenvalue weighted by atomic mass is 79.9. The van der Waals surface area contributed by atoms with Gasteiger partial charge in [0.25, 0.3) is 5.91 Å². The van der Waals surface area contributed by atoms with Crippen molar-refractivity contribution in [3.63, 3.8) is 0 Å². The van der Waals surface area contributed by atoms with Crippen LogP contribution in [0.15, 0.2) is 34.3 Å². The van der Waals surface area contributed by atoms with Crippen LogP contribution in [0, 0.1) is 0 Å². The van der Waals surface area contributed by atoms with E-state index in [2.05, 4.69) is 26.8 Å². The number of amides is 1. The zero-order valence-electron chi connectivity index (χ0n) is 9.17. The van der Waals surface area contributed by atoms with Gasteiger partial charge in [-0.25, -0.2) is 5.43 Å². The molecular weight excluding hydrogens is 268 g/mol. The van der Waals surface area contributed by atoms with Crippen LogP contribution in [0.4, 0.5) is 0 Å². The van der Waals surface area contributed by atoms with Gasteiger partial charge in [-0.15, -0.1) is 0 Å². The van der Waals surface area contributed by atoms with Gasteiger partial charge in [0.2, 0.25) is 0 Å². The molecule has 0 unspecified atom stereocenters. The normalized spacial score (nSPS) is 21.2. The van der Waals surface area contributed by atoms with E-state index in [0.717, 1.165) is 15.6 Å². The largest absolute Gasteiger partial charge is 0.287 e. The molecule has 1 heterocycles. The summed E-state index contributed by atoms with van der Waals surface area (Å²) in [7, 11) is 0. The molecule has 0 aromatic heterocycles. The standard InChI is InChI=1S/C12H13BrN2O/c1-12(2)10(11(16)14-15-12)7-8-4-3-5-9(13)6-8/h3-7,15H,1-2H3,(H,14,16)/b10-7+. The van der Waals surface area contributed by atoms with Crippen molar-refractivity contribution < 1.29 is 4.79 Å². The minimum atomic E-state index is -0.334. The Kier molecular flexibility index (Phi) is 2.86. The van der Waals surface area contributed by atoms with E-state index in [9.17, 15) is 4.79 Å². The molecule has 16 heavy (non-hydrogen) atoms. The van der Waals surface area contributed by atoms with E-state index in [1.165, 1.54) is 0 Å². The first-order valence-electron chi connectivity index (χ1n) is 5.04. The number of hydrazine groups is 1. The third kappa shape index (κ3) is 2.18. The molecule has 0 atom stereocenters. The summed E-state index contributed by atoms with van der Waals surface area (Å²) < 4.78 is 1.01. The van der Waals surface area contributed by atoms with Crippen LogP contribution in [0.3, 0.4) is 0 Å². The summed E-state index contributed by atoms with van der Waals surface area (Å²) in [6.07, 6.45) is 1.90. The Morgan fingerprint density at radius 1 is 1.38 bits per heavy atom. The smallest absolute Gasteiger partial charge is 0.263 e. The van der Waals surface area contributed by atoms with E-state index >= 15 is 0 Å². The van der Waals surface area contributed by atoms with Gasteiger partial charge in [0.05, 0.1) is 5.54 Å². The van der Waals surface area contributed by atoms with Gasteiger partial charge in [-0.1, -0.05) is 28.1 Å². The Morgan fingerprint density at radius 3 is 2.69 bits per heavy atom. The fraction of sp³-hybridized carbons (Fsp3) is 0.250. The van der Waals surface area contributed by atoms with Crippen molar-refractivity contribution in [2.45, 2.75) is 19.4 Å².